The molecule has 1 unspecified atom stereocenters. The highest BCUT2D eigenvalue weighted by atomic mass is 16.5. The summed E-state index contributed by atoms with van der Waals surface area (Å²) in [7, 11) is 0. The third-order valence-electron chi connectivity index (χ3n) is 7.04. The molecule has 1 saturated carbocycles. The molecule has 4 aromatic rings. The van der Waals surface area contributed by atoms with E-state index in [1.54, 1.807) is 0 Å². The molecular weight excluding hydrogens is 432 g/mol. The highest BCUT2D eigenvalue weighted by Gasteiger charge is 2.38. The van der Waals surface area contributed by atoms with Gasteiger partial charge in [0.1, 0.15) is 23.0 Å². The van der Waals surface area contributed by atoms with Crippen LogP contribution in [-0.4, -0.2) is 0 Å². The molecule has 0 amide bonds. The van der Waals surface area contributed by atoms with Crippen LogP contribution in [0.4, 0.5) is 11.4 Å². The molecule has 0 saturated heterocycles. The average molecular weight is 465 g/mol. The maximum absolute atomic E-state index is 6.04. The van der Waals surface area contributed by atoms with Crippen LogP contribution in [-0.2, 0) is 5.41 Å². The number of ether oxygens (including phenoxy) is 2. The number of nitrogens with two attached hydrogens (primary N) is 2. The Balaban J connectivity index is 1.40. The zero-order chi connectivity index (χ0) is 24.3. The van der Waals surface area contributed by atoms with Crippen molar-refractivity contribution < 1.29 is 9.47 Å². The Bertz CT molecular complexity index is 1160. The summed E-state index contributed by atoms with van der Waals surface area (Å²) in [6.07, 6.45) is 4.75. The molecular formula is C31H32N2O2. The molecule has 0 bridgehead atoms. The Morgan fingerprint density at radius 3 is 1.34 bits per heavy atom. The van der Waals surface area contributed by atoms with E-state index in [9.17, 15) is 0 Å². The second-order valence-corrected chi connectivity index (χ2v) is 9.67. The van der Waals surface area contributed by atoms with Crippen molar-refractivity contribution in [2.45, 2.75) is 38.0 Å². The first kappa shape index (κ1) is 22.9. The lowest BCUT2D eigenvalue weighted by molar-refractivity contribution is 0.272. The summed E-state index contributed by atoms with van der Waals surface area (Å²) in [4.78, 5) is 0. The van der Waals surface area contributed by atoms with E-state index in [0.29, 0.717) is 5.92 Å². The average Bonchev–Trinajstić information content (AvgIpc) is 2.88. The molecule has 4 N–H and O–H groups in total. The first-order chi connectivity index (χ1) is 17.0. The van der Waals surface area contributed by atoms with Gasteiger partial charge in [-0.25, -0.2) is 0 Å². The molecule has 1 atom stereocenters. The van der Waals surface area contributed by atoms with Crippen LogP contribution < -0.4 is 20.9 Å². The van der Waals surface area contributed by atoms with E-state index in [4.69, 9.17) is 20.9 Å². The predicted molar refractivity (Wildman–Crippen MR) is 143 cm³/mol. The normalized spacial score (nSPS) is 17.0. The standard InChI is InChI=1S/C31H32N2O2/c1-22-3-2-20-31(21-22,23-4-12-27(13-5-23)34-29-16-8-25(32)9-17-29)24-6-14-28(15-7-24)35-30-18-10-26(33)11-19-30/h4-19,22H,2-3,20-21,32-33H2,1H3. The smallest absolute Gasteiger partial charge is 0.127 e. The minimum atomic E-state index is -0.0167. The predicted octanol–water partition coefficient (Wildman–Crippen LogP) is 7.93. The van der Waals surface area contributed by atoms with E-state index < -0.39 is 0 Å². The van der Waals surface area contributed by atoms with Crippen LogP contribution in [0.3, 0.4) is 0 Å². The van der Waals surface area contributed by atoms with Crippen molar-refractivity contribution in [1.82, 2.24) is 0 Å². The van der Waals surface area contributed by atoms with E-state index in [1.807, 2.05) is 48.5 Å². The summed E-state index contributed by atoms with van der Waals surface area (Å²) >= 11 is 0. The Labute approximate surface area is 207 Å². The summed E-state index contributed by atoms with van der Waals surface area (Å²) in [6.45, 7) is 2.37. The van der Waals surface area contributed by atoms with Crippen LogP contribution >= 0.6 is 0 Å². The van der Waals surface area contributed by atoms with Crippen LogP contribution in [0.1, 0.15) is 43.7 Å². The van der Waals surface area contributed by atoms with Gasteiger partial charge >= 0.3 is 0 Å². The molecule has 4 heteroatoms. The second-order valence-electron chi connectivity index (χ2n) is 9.67. The molecule has 0 heterocycles. The van der Waals surface area contributed by atoms with Crippen molar-refractivity contribution in [3.8, 4) is 23.0 Å². The Kier molecular flexibility index (Phi) is 6.37. The van der Waals surface area contributed by atoms with Crippen LogP contribution in [0.5, 0.6) is 23.0 Å². The fourth-order valence-corrected chi connectivity index (χ4v) is 5.27. The van der Waals surface area contributed by atoms with Crippen molar-refractivity contribution in [2.75, 3.05) is 11.5 Å². The number of rotatable bonds is 6. The van der Waals surface area contributed by atoms with Gasteiger partial charge in [-0.15, -0.1) is 0 Å². The van der Waals surface area contributed by atoms with Crippen molar-refractivity contribution in [1.29, 1.82) is 0 Å². The number of hydrogen-bond acceptors (Lipinski definition) is 4. The van der Waals surface area contributed by atoms with Crippen LogP contribution in [0, 0.1) is 5.92 Å². The quantitative estimate of drug-likeness (QED) is 0.284. The molecule has 1 fully saturated rings. The maximum Gasteiger partial charge on any atom is 0.127 e. The van der Waals surface area contributed by atoms with Gasteiger partial charge in [0.15, 0.2) is 0 Å². The van der Waals surface area contributed by atoms with Crippen LogP contribution in [0.25, 0.3) is 0 Å². The zero-order valence-corrected chi connectivity index (χ0v) is 20.1. The van der Waals surface area contributed by atoms with Gasteiger partial charge in [0.05, 0.1) is 0 Å². The highest BCUT2D eigenvalue weighted by Crippen LogP contribution is 2.47. The van der Waals surface area contributed by atoms with Crippen molar-refractivity contribution >= 4 is 11.4 Å². The van der Waals surface area contributed by atoms with E-state index in [-0.39, 0.29) is 5.41 Å². The Morgan fingerprint density at radius 1 is 0.600 bits per heavy atom. The molecule has 35 heavy (non-hydrogen) atoms. The first-order valence-electron chi connectivity index (χ1n) is 12.3. The molecule has 4 aromatic carbocycles. The minimum absolute atomic E-state index is 0.0167. The van der Waals surface area contributed by atoms with Gasteiger partial charge in [-0.1, -0.05) is 44.0 Å². The van der Waals surface area contributed by atoms with Crippen molar-refractivity contribution in [2.24, 2.45) is 5.92 Å². The van der Waals surface area contributed by atoms with Crippen molar-refractivity contribution in [3.63, 3.8) is 0 Å². The molecule has 1 aliphatic rings. The summed E-state index contributed by atoms with van der Waals surface area (Å²) in [5, 5.41) is 0. The first-order valence-corrected chi connectivity index (χ1v) is 12.3. The third-order valence-corrected chi connectivity index (χ3v) is 7.04. The van der Waals surface area contributed by atoms with Gasteiger partial charge in [0.2, 0.25) is 0 Å². The molecule has 0 aliphatic heterocycles. The fraction of sp³-hybridized carbons (Fsp3) is 0.226. The SMILES string of the molecule is CC1CCCC(c2ccc(Oc3ccc(N)cc3)cc2)(c2ccc(Oc3ccc(N)cc3)cc2)C1. The lowest BCUT2D eigenvalue weighted by Gasteiger charge is -2.41. The molecule has 178 valence electrons. The fourth-order valence-electron chi connectivity index (χ4n) is 5.27. The lowest BCUT2D eigenvalue weighted by Crippen LogP contribution is -2.33. The van der Waals surface area contributed by atoms with Gasteiger partial charge in [-0.05, 0) is 103 Å². The molecule has 0 spiro atoms. The summed E-state index contributed by atoms with van der Waals surface area (Å²) in [5.74, 6) is 3.88. The van der Waals surface area contributed by atoms with Crippen molar-refractivity contribution in [3.05, 3.63) is 108 Å². The number of hydrogen-bond donors (Lipinski definition) is 2. The summed E-state index contributed by atoms with van der Waals surface area (Å²) < 4.78 is 12.1. The van der Waals surface area contributed by atoms with Gasteiger partial charge in [0.25, 0.3) is 0 Å². The summed E-state index contributed by atoms with van der Waals surface area (Å²) in [5.41, 5.74) is 15.7. The van der Waals surface area contributed by atoms with Gasteiger partial charge < -0.3 is 20.9 Å². The molecule has 0 aromatic heterocycles. The van der Waals surface area contributed by atoms with Gasteiger partial charge in [-0.3, -0.25) is 0 Å². The Hall–Kier alpha value is -3.92. The number of nitrogen functional groups attached to an aromatic ring is 2. The van der Waals surface area contributed by atoms with Crippen LogP contribution in [0.15, 0.2) is 97.1 Å². The van der Waals surface area contributed by atoms with Crippen LogP contribution in [0.2, 0.25) is 0 Å². The molecule has 0 radical (unpaired) electrons. The third kappa shape index (κ3) is 5.12. The lowest BCUT2D eigenvalue weighted by atomic mass is 9.62. The van der Waals surface area contributed by atoms with E-state index in [0.717, 1.165) is 47.2 Å². The Morgan fingerprint density at radius 2 is 0.971 bits per heavy atom. The maximum atomic E-state index is 6.04. The molecule has 1 aliphatic carbocycles. The number of anilines is 2. The molecule has 5 rings (SSSR count). The number of benzene rings is 4. The van der Waals surface area contributed by atoms with E-state index in [2.05, 4.69) is 55.5 Å². The monoisotopic (exact) mass is 464 g/mol. The largest absolute Gasteiger partial charge is 0.457 e. The second kappa shape index (κ2) is 9.75. The molecule has 4 nitrogen and oxygen atoms in total. The van der Waals surface area contributed by atoms with Gasteiger partial charge in [0, 0.05) is 16.8 Å². The van der Waals surface area contributed by atoms with E-state index >= 15 is 0 Å². The summed E-state index contributed by atoms with van der Waals surface area (Å²) in [6, 6.07) is 32.2. The topological polar surface area (TPSA) is 70.5 Å². The highest BCUT2D eigenvalue weighted by molar-refractivity contribution is 5.47. The van der Waals surface area contributed by atoms with E-state index in [1.165, 1.54) is 24.0 Å². The zero-order valence-electron chi connectivity index (χ0n) is 20.1. The van der Waals surface area contributed by atoms with Gasteiger partial charge in [-0.2, -0.15) is 0 Å². The minimum Gasteiger partial charge on any atom is -0.457 e.